The van der Waals surface area contributed by atoms with E-state index < -0.39 is 11.0 Å². The van der Waals surface area contributed by atoms with Gasteiger partial charge >= 0.3 is 0 Å². The van der Waals surface area contributed by atoms with Crippen LogP contribution in [0.3, 0.4) is 0 Å². The highest BCUT2D eigenvalue weighted by Crippen LogP contribution is 2.27. The number of hydrogen-bond donors (Lipinski definition) is 0. The van der Waals surface area contributed by atoms with Crippen LogP contribution in [0.2, 0.25) is 0 Å². The van der Waals surface area contributed by atoms with Crippen molar-refractivity contribution in [1.82, 2.24) is 9.80 Å². The summed E-state index contributed by atoms with van der Waals surface area (Å²) in [5.41, 5.74) is -1.97. The molecule has 0 unspecified atom stereocenters. The molecular weight excluding hydrogens is 218 g/mol. The third-order valence-electron chi connectivity index (χ3n) is 3.26. The van der Waals surface area contributed by atoms with Gasteiger partial charge in [0.05, 0.1) is 6.07 Å². The smallest absolute Gasteiger partial charge is 0.247 e. The van der Waals surface area contributed by atoms with Crippen molar-refractivity contribution < 1.29 is 9.59 Å². The van der Waals surface area contributed by atoms with E-state index in [0.29, 0.717) is 13.1 Å². The van der Waals surface area contributed by atoms with Crippen molar-refractivity contribution in [3.05, 3.63) is 0 Å². The first-order valence-electron chi connectivity index (χ1n) is 5.63. The summed E-state index contributed by atoms with van der Waals surface area (Å²) in [7, 11) is 1.72. The Hall–Kier alpha value is -1.57. The number of nitrogens with zero attached hydrogens (tertiary/aromatic N) is 3. The van der Waals surface area contributed by atoms with Crippen LogP contribution < -0.4 is 0 Å². The molecule has 0 bridgehead atoms. The van der Waals surface area contributed by atoms with Gasteiger partial charge in [0.1, 0.15) is 11.0 Å². The number of rotatable bonds is 1. The fourth-order valence-electron chi connectivity index (χ4n) is 1.95. The van der Waals surface area contributed by atoms with E-state index in [1.807, 2.05) is 6.07 Å². The summed E-state index contributed by atoms with van der Waals surface area (Å²) in [5.74, 6) is -0.378. The maximum absolute atomic E-state index is 12.3. The van der Waals surface area contributed by atoms with Crippen LogP contribution in [0.15, 0.2) is 0 Å². The minimum absolute atomic E-state index is 0.0918. The van der Waals surface area contributed by atoms with Crippen molar-refractivity contribution in [1.29, 1.82) is 5.26 Å². The van der Waals surface area contributed by atoms with Gasteiger partial charge in [-0.1, -0.05) is 0 Å². The minimum atomic E-state index is -1.09. The van der Waals surface area contributed by atoms with Crippen molar-refractivity contribution in [2.75, 3.05) is 20.1 Å². The highest BCUT2D eigenvalue weighted by atomic mass is 16.2. The Labute approximate surface area is 102 Å². The Morgan fingerprint density at radius 1 is 1.41 bits per heavy atom. The summed E-state index contributed by atoms with van der Waals surface area (Å²) in [6.07, 6.45) is 0. The second-order valence-corrected chi connectivity index (χ2v) is 5.48. The van der Waals surface area contributed by atoms with Crippen LogP contribution in [0.4, 0.5) is 0 Å². The van der Waals surface area contributed by atoms with Crippen molar-refractivity contribution in [2.24, 2.45) is 5.41 Å². The molecule has 1 aliphatic heterocycles. The van der Waals surface area contributed by atoms with E-state index in [1.54, 1.807) is 39.6 Å². The van der Waals surface area contributed by atoms with Gasteiger partial charge in [0.2, 0.25) is 11.8 Å². The Bertz CT molecular complexity index is 393. The average molecular weight is 237 g/mol. The molecule has 5 heteroatoms. The molecule has 94 valence electrons. The van der Waals surface area contributed by atoms with Crippen LogP contribution in [0.25, 0.3) is 0 Å². The molecule has 17 heavy (non-hydrogen) atoms. The normalized spacial score (nSPS) is 20.1. The predicted molar refractivity (Wildman–Crippen MR) is 62.8 cm³/mol. The van der Waals surface area contributed by atoms with E-state index >= 15 is 0 Å². The topological polar surface area (TPSA) is 64.4 Å². The van der Waals surface area contributed by atoms with E-state index in [2.05, 4.69) is 0 Å². The molecule has 1 aliphatic rings. The molecule has 0 spiro atoms. The van der Waals surface area contributed by atoms with Crippen molar-refractivity contribution >= 4 is 11.8 Å². The van der Waals surface area contributed by atoms with Crippen molar-refractivity contribution in [2.45, 2.75) is 33.2 Å². The predicted octanol–water partition coefficient (Wildman–Crippen LogP) is 0.615. The number of amides is 2. The molecule has 0 aliphatic carbocycles. The second-order valence-electron chi connectivity index (χ2n) is 5.48. The van der Waals surface area contributed by atoms with Gasteiger partial charge in [-0.3, -0.25) is 9.59 Å². The van der Waals surface area contributed by atoms with Crippen LogP contribution in [-0.4, -0.2) is 47.3 Å². The van der Waals surface area contributed by atoms with Gasteiger partial charge in [-0.25, -0.2) is 0 Å². The summed E-state index contributed by atoms with van der Waals surface area (Å²) in [5, 5.41) is 8.99. The SMILES string of the molecule is CN1CCN(C(=O)C(C)(C)C#N)C(C)(C)C1=O. The van der Waals surface area contributed by atoms with Gasteiger partial charge in [-0.05, 0) is 27.7 Å². The van der Waals surface area contributed by atoms with E-state index in [0.717, 1.165) is 0 Å². The highest BCUT2D eigenvalue weighted by molar-refractivity contribution is 5.94. The van der Waals surface area contributed by atoms with Crippen LogP contribution in [0.5, 0.6) is 0 Å². The van der Waals surface area contributed by atoms with E-state index in [1.165, 1.54) is 4.90 Å². The molecular formula is C12H19N3O2. The quantitative estimate of drug-likeness (QED) is 0.671. The third kappa shape index (κ3) is 2.12. The Kier molecular flexibility index (Phi) is 3.19. The summed E-state index contributed by atoms with van der Waals surface area (Å²) in [4.78, 5) is 27.4. The zero-order valence-corrected chi connectivity index (χ0v) is 11.1. The number of nitriles is 1. The molecule has 1 saturated heterocycles. The molecule has 0 aromatic heterocycles. The van der Waals surface area contributed by atoms with E-state index in [9.17, 15) is 9.59 Å². The number of piperazine rings is 1. The molecule has 0 radical (unpaired) electrons. The first kappa shape index (κ1) is 13.5. The lowest BCUT2D eigenvalue weighted by atomic mass is 9.89. The molecule has 0 aromatic carbocycles. The van der Waals surface area contributed by atoms with Crippen LogP contribution in [0.1, 0.15) is 27.7 Å². The maximum atomic E-state index is 12.3. The monoisotopic (exact) mass is 237 g/mol. The number of hydrogen-bond acceptors (Lipinski definition) is 3. The van der Waals surface area contributed by atoms with Crippen molar-refractivity contribution in [3.8, 4) is 6.07 Å². The molecule has 0 atom stereocenters. The molecule has 0 saturated carbocycles. The number of likely N-dealkylation sites (N-methyl/N-ethyl adjacent to an activating group) is 1. The summed E-state index contributed by atoms with van der Waals surface area (Å²) >= 11 is 0. The van der Waals surface area contributed by atoms with E-state index in [-0.39, 0.29) is 11.8 Å². The van der Waals surface area contributed by atoms with Gasteiger partial charge in [-0.15, -0.1) is 0 Å². The van der Waals surface area contributed by atoms with Crippen LogP contribution in [0, 0.1) is 16.7 Å². The zero-order chi connectivity index (χ0) is 13.4. The maximum Gasteiger partial charge on any atom is 0.247 e. The lowest BCUT2D eigenvalue weighted by Crippen LogP contribution is -2.65. The second kappa shape index (κ2) is 4.02. The Morgan fingerprint density at radius 2 is 1.94 bits per heavy atom. The standard InChI is InChI=1S/C12H19N3O2/c1-11(2,8-13)9(16)15-7-6-14(5)10(17)12(15,3)4/h6-7H2,1-5H3. The molecule has 1 rings (SSSR count). The highest BCUT2D eigenvalue weighted by Gasteiger charge is 2.46. The van der Waals surface area contributed by atoms with Crippen LogP contribution in [-0.2, 0) is 9.59 Å². The van der Waals surface area contributed by atoms with Gasteiger partial charge in [-0.2, -0.15) is 5.26 Å². The largest absolute Gasteiger partial charge is 0.342 e. The van der Waals surface area contributed by atoms with Gasteiger partial charge in [0, 0.05) is 20.1 Å². The van der Waals surface area contributed by atoms with Crippen LogP contribution >= 0.6 is 0 Å². The first-order valence-corrected chi connectivity index (χ1v) is 5.63. The molecule has 5 nitrogen and oxygen atoms in total. The summed E-state index contributed by atoms with van der Waals surface area (Å²) in [6, 6.07) is 1.99. The fraction of sp³-hybridized carbons (Fsp3) is 0.750. The van der Waals surface area contributed by atoms with Gasteiger partial charge in [0.25, 0.3) is 0 Å². The molecule has 1 fully saturated rings. The molecule has 0 N–H and O–H groups in total. The van der Waals surface area contributed by atoms with Gasteiger partial charge in [0.15, 0.2) is 0 Å². The average Bonchev–Trinajstić information content (AvgIpc) is 2.25. The lowest BCUT2D eigenvalue weighted by Gasteiger charge is -2.46. The first-order chi connectivity index (χ1) is 7.64. The van der Waals surface area contributed by atoms with Crippen molar-refractivity contribution in [3.63, 3.8) is 0 Å². The Morgan fingerprint density at radius 3 is 2.41 bits per heavy atom. The van der Waals surface area contributed by atoms with Gasteiger partial charge < -0.3 is 9.80 Å². The molecule has 2 amide bonds. The third-order valence-corrected chi connectivity index (χ3v) is 3.26. The minimum Gasteiger partial charge on any atom is -0.342 e. The fourth-order valence-corrected chi connectivity index (χ4v) is 1.95. The number of carbonyl (C=O) groups is 2. The molecule has 1 heterocycles. The number of carbonyl (C=O) groups excluding carboxylic acids is 2. The summed E-state index contributed by atoms with van der Waals surface area (Å²) < 4.78 is 0. The zero-order valence-electron chi connectivity index (χ0n) is 11.1. The molecule has 0 aromatic rings. The summed E-state index contributed by atoms with van der Waals surface area (Å²) in [6.45, 7) is 7.57. The lowest BCUT2D eigenvalue weighted by molar-refractivity contribution is -0.160. The van der Waals surface area contributed by atoms with E-state index in [4.69, 9.17) is 5.26 Å². The Balaban J connectivity index is 3.05.